The summed E-state index contributed by atoms with van der Waals surface area (Å²) in [4.78, 5) is 0.827. The van der Waals surface area contributed by atoms with E-state index in [1.165, 1.54) is 0 Å². The SMILES string of the molecule is CC1C=C(S(=O)(=O)c2ccccc2)CCO1. The molecule has 86 valence electrons. The maximum Gasteiger partial charge on any atom is 0.202 e. The van der Waals surface area contributed by atoms with Crippen LogP contribution in [-0.2, 0) is 14.6 Å². The maximum atomic E-state index is 12.2. The second-order valence-electron chi connectivity index (χ2n) is 3.78. The summed E-state index contributed by atoms with van der Waals surface area (Å²) in [6.45, 7) is 2.32. The van der Waals surface area contributed by atoms with Crippen LogP contribution in [0.4, 0.5) is 0 Å². The van der Waals surface area contributed by atoms with Crippen molar-refractivity contribution in [2.75, 3.05) is 6.61 Å². The first-order valence-electron chi connectivity index (χ1n) is 5.23. The Hall–Kier alpha value is -1.13. The van der Waals surface area contributed by atoms with E-state index in [-0.39, 0.29) is 6.10 Å². The van der Waals surface area contributed by atoms with E-state index in [1.54, 1.807) is 36.4 Å². The van der Waals surface area contributed by atoms with E-state index in [4.69, 9.17) is 4.74 Å². The molecule has 0 aliphatic carbocycles. The highest BCUT2D eigenvalue weighted by atomic mass is 32.2. The molecule has 1 unspecified atom stereocenters. The molecule has 4 heteroatoms. The van der Waals surface area contributed by atoms with Gasteiger partial charge in [-0.3, -0.25) is 0 Å². The van der Waals surface area contributed by atoms with Crippen LogP contribution in [-0.4, -0.2) is 21.1 Å². The Kier molecular flexibility index (Phi) is 3.12. The van der Waals surface area contributed by atoms with Crippen LogP contribution in [0.2, 0.25) is 0 Å². The summed E-state index contributed by atoms with van der Waals surface area (Å²) < 4.78 is 29.7. The summed E-state index contributed by atoms with van der Waals surface area (Å²) in [5.41, 5.74) is 0. The number of sulfone groups is 1. The van der Waals surface area contributed by atoms with Gasteiger partial charge < -0.3 is 4.74 Å². The Morgan fingerprint density at radius 2 is 1.94 bits per heavy atom. The molecule has 0 fully saturated rings. The smallest absolute Gasteiger partial charge is 0.202 e. The van der Waals surface area contributed by atoms with Gasteiger partial charge in [0.05, 0.1) is 22.5 Å². The molecule has 0 bridgehead atoms. The summed E-state index contributed by atoms with van der Waals surface area (Å²) in [5, 5.41) is 0. The Labute approximate surface area is 95.7 Å². The summed E-state index contributed by atoms with van der Waals surface area (Å²) in [6, 6.07) is 8.51. The van der Waals surface area contributed by atoms with Crippen LogP contribution in [0.15, 0.2) is 46.2 Å². The van der Waals surface area contributed by atoms with Gasteiger partial charge in [-0.2, -0.15) is 0 Å². The number of ether oxygens (including phenoxy) is 1. The minimum atomic E-state index is -3.31. The van der Waals surface area contributed by atoms with Crippen molar-refractivity contribution in [3.05, 3.63) is 41.3 Å². The maximum absolute atomic E-state index is 12.2. The molecule has 0 saturated heterocycles. The van der Waals surface area contributed by atoms with E-state index in [0.29, 0.717) is 22.8 Å². The van der Waals surface area contributed by atoms with Gasteiger partial charge in [-0.1, -0.05) is 18.2 Å². The first-order valence-corrected chi connectivity index (χ1v) is 6.71. The van der Waals surface area contributed by atoms with Crippen LogP contribution in [0.25, 0.3) is 0 Å². The van der Waals surface area contributed by atoms with Crippen LogP contribution in [0.3, 0.4) is 0 Å². The summed E-state index contributed by atoms with van der Waals surface area (Å²) >= 11 is 0. The highest BCUT2D eigenvalue weighted by molar-refractivity contribution is 7.95. The third kappa shape index (κ3) is 2.18. The van der Waals surface area contributed by atoms with Crippen molar-refractivity contribution < 1.29 is 13.2 Å². The summed E-state index contributed by atoms with van der Waals surface area (Å²) in [5.74, 6) is 0. The van der Waals surface area contributed by atoms with Crippen LogP contribution >= 0.6 is 0 Å². The molecule has 1 aliphatic heterocycles. The Balaban J connectivity index is 2.40. The second kappa shape index (κ2) is 4.39. The van der Waals surface area contributed by atoms with Crippen molar-refractivity contribution in [3.8, 4) is 0 Å². The first kappa shape index (κ1) is 11.4. The molecule has 3 nitrogen and oxygen atoms in total. The largest absolute Gasteiger partial charge is 0.374 e. The van der Waals surface area contributed by atoms with Crippen LogP contribution < -0.4 is 0 Å². The molecule has 1 aliphatic rings. The van der Waals surface area contributed by atoms with Gasteiger partial charge in [-0.25, -0.2) is 8.42 Å². The minimum absolute atomic E-state index is 0.123. The van der Waals surface area contributed by atoms with Crippen molar-refractivity contribution >= 4 is 9.84 Å². The quantitative estimate of drug-likeness (QED) is 0.793. The molecule has 2 rings (SSSR count). The fourth-order valence-electron chi connectivity index (χ4n) is 1.71. The number of hydrogen-bond acceptors (Lipinski definition) is 3. The highest BCUT2D eigenvalue weighted by Gasteiger charge is 2.23. The van der Waals surface area contributed by atoms with Crippen molar-refractivity contribution in [2.45, 2.75) is 24.3 Å². The monoisotopic (exact) mass is 238 g/mol. The minimum Gasteiger partial charge on any atom is -0.374 e. The molecule has 1 heterocycles. The molecule has 16 heavy (non-hydrogen) atoms. The Morgan fingerprint density at radius 1 is 1.25 bits per heavy atom. The lowest BCUT2D eigenvalue weighted by molar-refractivity contribution is 0.0911. The fraction of sp³-hybridized carbons (Fsp3) is 0.333. The van der Waals surface area contributed by atoms with Gasteiger partial charge in [0.15, 0.2) is 0 Å². The van der Waals surface area contributed by atoms with Crippen LogP contribution in [0.1, 0.15) is 13.3 Å². The molecule has 0 spiro atoms. The molecule has 0 N–H and O–H groups in total. The average Bonchev–Trinajstić information content (AvgIpc) is 2.30. The normalized spacial score (nSPS) is 21.6. The first-order chi connectivity index (χ1) is 7.60. The third-order valence-electron chi connectivity index (χ3n) is 2.55. The van der Waals surface area contributed by atoms with Gasteiger partial charge in [-0.15, -0.1) is 0 Å². The van der Waals surface area contributed by atoms with Gasteiger partial charge in [0.1, 0.15) is 0 Å². The molecule has 0 radical (unpaired) electrons. The molecule has 0 saturated carbocycles. The predicted octanol–water partition coefficient (Wildman–Crippen LogP) is 2.15. The van der Waals surface area contributed by atoms with Crippen molar-refractivity contribution in [1.29, 1.82) is 0 Å². The van der Waals surface area contributed by atoms with Gasteiger partial charge in [-0.05, 0) is 25.1 Å². The lowest BCUT2D eigenvalue weighted by Gasteiger charge is -2.18. The van der Waals surface area contributed by atoms with Gasteiger partial charge >= 0.3 is 0 Å². The van der Waals surface area contributed by atoms with E-state index >= 15 is 0 Å². The third-order valence-corrected chi connectivity index (χ3v) is 4.47. The predicted molar refractivity (Wildman–Crippen MR) is 61.7 cm³/mol. The summed E-state index contributed by atoms with van der Waals surface area (Å²) in [6.07, 6.45) is 2.02. The highest BCUT2D eigenvalue weighted by Crippen LogP contribution is 2.25. The van der Waals surface area contributed by atoms with E-state index in [1.807, 2.05) is 6.92 Å². The van der Waals surface area contributed by atoms with E-state index in [0.717, 1.165) is 0 Å². The van der Waals surface area contributed by atoms with Gasteiger partial charge in [0.25, 0.3) is 0 Å². The second-order valence-corrected chi connectivity index (χ2v) is 5.78. The van der Waals surface area contributed by atoms with E-state index in [9.17, 15) is 8.42 Å². The molecular formula is C12H14O3S. The van der Waals surface area contributed by atoms with Crippen molar-refractivity contribution in [3.63, 3.8) is 0 Å². The topological polar surface area (TPSA) is 43.4 Å². The standard InChI is InChI=1S/C12H14O3S/c1-10-9-12(7-8-15-10)16(13,14)11-5-3-2-4-6-11/h2-6,9-10H,7-8H2,1H3. The Morgan fingerprint density at radius 3 is 2.56 bits per heavy atom. The number of benzene rings is 1. The fourth-order valence-corrected chi connectivity index (χ4v) is 3.25. The van der Waals surface area contributed by atoms with Crippen molar-refractivity contribution in [1.82, 2.24) is 0 Å². The molecule has 1 aromatic carbocycles. The Bertz CT molecular complexity index is 488. The molecule has 1 atom stereocenters. The van der Waals surface area contributed by atoms with Crippen molar-refractivity contribution in [2.24, 2.45) is 0 Å². The molecule has 1 aromatic rings. The number of hydrogen-bond donors (Lipinski definition) is 0. The zero-order valence-corrected chi connectivity index (χ0v) is 9.91. The van der Waals surface area contributed by atoms with E-state index in [2.05, 4.69) is 0 Å². The molecule has 0 amide bonds. The number of rotatable bonds is 2. The van der Waals surface area contributed by atoms with E-state index < -0.39 is 9.84 Å². The van der Waals surface area contributed by atoms with Crippen LogP contribution in [0, 0.1) is 0 Å². The zero-order chi connectivity index (χ0) is 11.6. The average molecular weight is 238 g/mol. The lowest BCUT2D eigenvalue weighted by atomic mass is 10.2. The lowest BCUT2D eigenvalue weighted by Crippen LogP contribution is -2.18. The van der Waals surface area contributed by atoms with Gasteiger partial charge in [0, 0.05) is 6.42 Å². The molecular weight excluding hydrogens is 224 g/mol. The summed E-state index contributed by atoms with van der Waals surface area (Å²) in [7, 11) is -3.31. The van der Waals surface area contributed by atoms with Gasteiger partial charge in [0.2, 0.25) is 9.84 Å². The van der Waals surface area contributed by atoms with Crippen LogP contribution in [0.5, 0.6) is 0 Å². The zero-order valence-electron chi connectivity index (χ0n) is 9.09. The molecule has 0 aromatic heterocycles.